The summed E-state index contributed by atoms with van der Waals surface area (Å²) in [5.74, 6) is 0. The SMILES string of the molecule is Cn1cc(S(=O)(=O)Nc2ccc(N)cc2C#N)cn1. The molecule has 2 aromatic rings. The van der Waals surface area contributed by atoms with Crippen molar-refractivity contribution in [3.05, 3.63) is 36.2 Å². The van der Waals surface area contributed by atoms with Crippen LogP contribution in [0, 0.1) is 11.3 Å². The normalized spacial score (nSPS) is 10.9. The molecule has 0 spiro atoms. The summed E-state index contributed by atoms with van der Waals surface area (Å²) in [6.45, 7) is 0. The van der Waals surface area contributed by atoms with Crippen LogP contribution in [0.4, 0.5) is 11.4 Å². The molecule has 0 fully saturated rings. The summed E-state index contributed by atoms with van der Waals surface area (Å²) in [7, 11) is -2.15. The number of nitrogen functional groups attached to an aromatic ring is 1. The van der Waals surface area contributed by atoms with Crippen molar-refractivity contribution in [3.8, 4) is 6.07 Å². The summed E-state index contributed by atoms with van der Waals surface area (Å²) < 4.78 is 27.8. The minimum Gasteiger partial charge on any atom is -0.399 e. The molecule has 1 heterocycles. The van der Waals surface area contributed by atoms with E-state index in [0.717, 1.165) is 0 Å². The molecule has 1 aromatic carbocycles. The van der Waals surface area contributed by atoms with Gasteiger partial charge < -0.3 is 5.73 Å². The molecule has 98 valence electrons. The average Bonchev–Trinajstić information content (AvgIpc) is 2.79. The van der Waals surface area contributed by atoms with Crippen LogP contribution >= 0.6 is 0 Å². The molecular weight excluding hydrogens is 266 g/mol. The van der Waals surface area contributed by atoms with Crippen LogP contribution in [0.5, 0.6) is 0 Å². The van der Waals surface area contributed by atoms with Gasteiger partial charge in [0.15, 0.2) is 0 Å². The van der Waals surface area contributed by atoms with Crippen LogP contribution in [0.25, 0.3) is 0 Å². The smallest absolute Gasteiger partial charge is 0.265 e. The van der Waals surface area contributed by atoms with E-state index in [1.54, 1.807) is 7.05 Å². The average molecular weight is 277 g/mol. The van der Waals surface area contributed by atoms with Crippen LogP contribution in [0.3, 0.4) is 0 Å². The van der Waals surface area contributed by atoms with Gasteiger partial charge in [-0.2, -0.15) is 10.4 Å². The number of aromatic nitrogens is 2. The standard InChI is InChI=1S/C11H11N5O2S/c1-16-7-10(6-14-16)19(17,18)15-11-3-2-9(13)4-8(11)5-12/h2-4,6-7,15H,13H2,1H3. The van der Waals surface area contributed by atoms with Gasteiger partial charge in [0.05, 0.1) is 17.4 Å². The second-order valence-electron chi connectivity index (χ2n) is 3.87. The van der Waals surface area contributed by atoms with E-state index in [0.29, 0.717) is 5.69 Å². The first-order chi connectivity index (χ1) is 8.92. The van der Waals surface area contributed by atoms with Crippen molar-refractivity contribution in [1.82, 2.24) is 9.78 Å². The highest BCUT2D eigenvalue weighted by Gasteiger charge is 2.17. The monoisotopic (exact) mass is 277 g/mol. The van der Waals surface area contributed by atoms with Gasteiger partial charge in [-0.3, -0.25) is 9.40 Å². The van der Waals surface area contributed by atoms with Crippen LogP contribution in [-0.2, 0) is 17.1 Å². The van der Waals surface area contributed by atoms with Gasteiger partial charge >= 0.3 is 0 Å². The van der Waals surface area contributed by atoms with Gasteiger partial charge in [-0.15, -0.1) is 0 Å². The maximum atomic E-state index is 12.1. The van der Waals surface area contributed by atoms with E-state index in [1.165, 1.54) is 35.3 Å². The predicted molar refractivity (Wildman–Crippen MR) is 69.6 cm³/mol. The maximum absolute atomic E-state index is 12.1. The molecule has 3 N–H and O–H groups in total. The molecule has 0 aliphatic carbocycles. The minimum atomic E-state index is -3.76. The molecule has 19 heavy (non-hydrogen) atoms. The lowest BCUT2D eigenvalue weighted by atomic mass is 10.2. The van der Waals surface area contributed by atoms with Gasteiger partial charge in [-0.05, 0) is 18.2 Å². The molecule has 0 saturated carbocycles. The molecule has 0 amide bonds. The summed E-state index contributed by atoms with van der Waals surface area (Å²) in [6, 6.07) is 6.25. The van der Waals surface area contributed by atoms with Gasteiger partial charge in [0.25, 0.3) is 10.0 Å². The first-order valence-electron chi connectivity index (χ1n) is 5.23. The predicted octanol–water partition coefficient (Wildman–Crippen LogP) is 0.675. The summed E-state index contributed by atoms with van der Waals surface area (Å²) in [6.07, 6.45) is 2.59. The highest BCUT2D eigenvalue weighted by atomic mass is 32.2. The first kappa shape index (κ1) is 12.9. The van der Waals surface area contributed by atoms with Crippen molar-refractivity contribution in [2.75, 3.05) is 10.5 Å². The van der Waals surface area contributed by atoms with Gasteiger partial charge in [0.2, 0.25) is 0 Å². The van der Waals surface area contributed by atoms with Crippen molar-refractivity contribution in [2.45, 2.75) is 4.90 Å². The van der Waals surface area contributed by atoms with E-state index >= 15 is 0 Å². The van der Waals surface area contributed by atoms with Crippen LogP contribution < -0.4 is 10.5 Å². The quantitative estimate of drug-likeness (QED) is 0.800. The fourth-order valence-corrected chi connectivity index (χ4v) is 2.55. The summed E-state index contributed by atoms with van der Waals surface area (Å²) in [4.78, 5) is 0.0238. The number of nitriles is 1. The molecule has 0 saturated heterocycles. The number of anilines is 2. The zero-order valence-corrected chi connectivity index (χ0v) is 10.8. The minimum absolute atomic E-state index is 0.0238. The Bertz CT molecular complexity index is 758. The molecule has 7 nitrogen and oxygen atoms in total. The third kappa shape index (κ3) is 2.66. The third-order valence-electron chi connectivity index (χ3n) is 2.40. The third-order valence-corrected chi connectivity index (χ3v) is 3.72. The van der Waals surface area contributed by atoms with Gasteiger partial charge in [0.1, 0.15) is 11.0 Å². The topological polar surface area (TPSA) is 114 Å². The number of sulfonamides is 1. The van der Waals surface area contributed by atoms with Crippen LogP contribution in [0.1, 0.15) is 5.56 Å². The van der Waals surface area contributed by atoms with Crippen molar-refractivity contribution in [2.24, 2.45) is 7.05 Å². The van der Waals surface area contributed by atoms with Crippen LogP contribution in [-0.4, -0.2) is 18.2 Å². The molecule has 0 unspecified atom stereocenters. The van der Waals surface area contributed by atoms with Crippen molar-refractivity contribution in [1.29, 1.82) is 5.26 Å². The van der Waals surface area contributed by atoms with Gasteiger partial charge in [-0.1, -0.05) is 0 Å². The van der Waals surface area contributed by atoms with E-state index in [-0.39, 0.29) is 16.1 Å². The Labute approximate surface area is 110 Å². The summed E-state index contributed by atoms with van der Waals surface area (Å²) in [5, 5.41) is 12.8. The molecule has 0 atom stereocenters. The molecule has 2 rings (SSSR count). The first-order valence-corrected chi connectivity index (χ1v) is 6.72. The number of hydrogen-bond acceptors (Lipinski definition) is 5. The summed E-state index contributed by atoms with van der Waals surface area (Å²) in [5.41, 5.74) is 6.27. The largest absolute Gasteiger partial charge is 0.399 e. The van der Waals surface area contributed by atoms with Crippen LogP contribution in [0.2, 0.25) is 0 Å². The number of rotatable bonds is 3. The highest BCUT2D eigenvalue weighted by molar-refractivity contribution is 7.92. The molecule has 0 aliphatic rings. The molecule has 0 aliphatic heterocycles. The van der Waals surface area contributed by atoms with Gasteiger partial charge in [-0.25, -0.2) is 8.42 Å². The van der Waals surface area contributed by atoms with Crippen molar-refractivity contribution >= 4 is 21.4 Å². The van der Waals surface area contributed by atoms with E-state index < -0.39 is 10.0 Å². The Morgan fingerprint density at radius 2 is 2.21 bits per heavy atom. The lowest BCUT2D eigenvalue weighted by Crippen LogP contribution is -2.13. The highest BCUT2D eigenvalue weighted by Crippen LogP contribution is 2.21. The van der Waals surface area contributed by atoms with Crippen molar-refractivity contribution in [3.63, 3.8) is 0 Å². The second-order valence-corrected chi connectivity index (χ2v) is 5.55. The Kier molecular flexibility index (Phi) is 3.14. The fourth-order valence-electron chi connectivity index (χ4n) is 1.48. The number of aryl methyl sites for hydroxylation is 1. The number of benzene rings is 1. The van der Waals surface area contributed by atoms with Gasteiger partial charge in [0, 0.05) is 18.9 Å². The fraction of sp³-hybridized carbons (Fsp3) is 0.0909. The van der Waals surface area contributed by atoms with Crippen LogP contribution in [0.15, 0.2) is 35.5 Å². The number of nitrogens with one attached hydrogen (secondary N) is 1. The molecule has 0 bridgehead atoms. The van der Waals surface area contributed by atoms with E-state index in [4.69, 9.17) is 11.0 Å². The number of nitrogens with two attached hydrogens (primary N) is 1. The Balaban J connectivity index is 2.39. The Morgan fingerprint density at radius 3 is 2.79 bits per heavy atom. The lowest BCUT2D eigenvalue weighted by Gasteiger charge is -2.08. The Morgan fingerprint density at radius 1 is 1.47 bits per heavy atom. The van der Waals surface area contributed by atoms with E-state index in [1.807, 2.05) is 6.07 Å². The molecular formula is C11H11N5O2S. The lowest BCUT2D eigenvalue weighted by molar-refractivity contribution is 0.601. The van der Waals surface area contributed by atoms with E-state index in [9.17, 15) is 8.42 Å². The number of nitrogens with zero attached hydrogens (tertiary/aromatic N) is 3. The summed E-state index contributed by atoms with van der Waals surface area (Å²) >= 11 is 0. The second kappa shape index (κ2) is 4.62. The zero-order valence-electron chi connectivity index (χ0n) is 10.0. The zero-order chi connectivity index (χ0) is 14.0. The molecule has 8 heteroatoms. The molecule has 0 radical (unpaired) electrons. The Hall–Kier alpha value is -2.53. The number of hydrogen-bond donors (Lipinski definition) is 2. The maximum Gasteiger partial charge on any atom is 0.265 e. The van der Waals surface area contributed by atoms with Crippen molar-refractivity contribution < 1.29 is 8.42 Å². The van der Waals surface area contributed by atoms with E-state index in [2.05, 4.69) is 9.82 Å². The molecule has 1 aromatic heterocycles.